The maximum absolute atomic E-state index is 12.2. The van der Waals surface area contributed by atoms with Gasteiger partial charge in [-0.05, 0) is 51.0 Å². The van der Waals surface area contributed by atoms with E-state index in [9.17, 15) is 4.79 Å². The monoisotopic (exact) mass is 215 g/mol. The van der Waals surface area contributed by atoms with Crippen LogP contribution >= 0.6 is 0 Å². The number of hydrogen-bond acceptors (Lipinski definition) is 2. The third-order valence-corrected chi connectivity index (χ3v) is 3.35. The first kappa shape index (κ1) is 10.9. The number of carbonyl (C=O) groups excluding carboxylic acids is 1. The summed E-state index contributed by atoms with van der Waals surface area (Å²) in [5.74, 6) is 0.0573. The molecule has 1 aromatic rings. The Morgan fingerprint density at radius 3 is 2.38 bits per heavy atom. The van der Waals surface area contributed by atoms with Gasteiger partial charge >= 0.3 is 0 Å². The lowest BCUT2D eigenvalue weighted by Gasteiger charge is -2.35. The minimum absolute atomic E-state index is 0.0573. The minimum atomic E-state index is -0.355. The Bertz CT molecular complexity index is 498. The van der Waals surface area contributed by atoms with Crippen molar-refractivity contribution >= 4 is 11.5 Å². The molecule has 0 fully saturated rings. The molecule has 1 N–H and O–H groups in total. The second-order valence-corrected chi connectivity index (χ2v) is 5.04. The summed E-state index contributed by atoms with van der Waals surface area (Å²) in [7, 11) is 0. The zero-order chi connectivity index (χ0) is 12.1. The van der Waals surface area contributed by atoms with Gasteiger partial charge in [-0.2, -0.15) is 0 Å². The molecule has 1 heterocycles. The first-order valence-corrected chi connectivity index (χ1v) is 5.46. The number of carbonyl (C=O) groups is 1. The van der Waals surface area contributed by atoms with Crippen LogP contribution in [-0.4, -0.2) is 11.3 Å². The number of hydrogen-bond donors (Lipinski definition) is 1. The SMILES string of the molecule is C=C1C(=O)c2cc(C)c(C)cc2NC1(C)C. The van der Waals surface area contributed by atoms with E-state index in [-0.39, 0.29) is 11.3 Å². The molecule has 2 rings (SSSR count). The van der Waals surface area contributed by atoms with Crippen molar-refractivity contribution in [2.75, 3.05) is 5.32 Å². The number of fused-ring (bicyclic) bond motifs is 1. The highest BCUT2D eigenvalue weighted by molar-refractivity contribution is 6.15. The quantitative estimate of drug-likeness (QED) is 0.673. The average molecular weight is 215 g/mol. The lowest BCUT2D eigenvalue weighted by atomic mass is 9.83. The van der Waals surface area contributed by atoms with Crippen molar-refractivity contribution in [2.45, 2.75) is 33.2 Å². The van der Waals surface area contributed by atoms with Crippen LogP contribution < -0.4 is 5.32 Å². The Morgan fingerprint density at radius 2 is 1.75 bits per heavy atom. The molecule has 0 atom stereocenters. The molecule has 0 saturated carbocycles. The van der Waals surface area contributed by atoms with E-state index >= 15 is 0 Å². The van der Waals surface area contributed by atoms with Crippen LogP contribution in [-0.2, 0) is 0 Å². The van der Waals surface area contributed by atoms with Crippen molar-refractivity contribution in [1.82, 2.24) is 0 Å². The Labute approximate surface area is 96.4 Å². The van der Waals surface area contributed by atoms with Crippen LogP contribution in [0.1, 0.15) is 35.3 Å². The number of ketones is 1. The van der Waals surface area contributed by atoms with E-state index in [1.54, 1.807) is 0 Å². The molecule has 0 saturated heterocycles. The number of nitrogens with one attached hydrogen (secondary N) is 1. The lowest BCUT2D eigenvalue weighted by Crippen LogP contribution is -2.40. The summed E-state index contributed by atoms with van der Waals surface area (Å²) in [4.78, 5) is 12.2. The third kappa shape index (κ3) is 1.45. The summed E-state index contributed by atoms with van der Waals surface area (Å²) in [6, 6.07) is 3.98. The van der Waals surface area contributed by atoms with Crippen LogP contribution in [0.5, 0.6) is 0 Å². The van der Waals surface area contributed by atoms with Gasteiger partial charge in [0.2, 0.25) is 0 Å². The molecule has 0 bridgehead atoms. The number of anilines is 1. The molecular weight excluding hydrogens is 198 g/mol. The zero-order valence-electron chi connectivity index (χ0n) is 10.3. The van der Waals surface area contributed by atoms with Gasteiger partial charge in [-0.1, -0.05) is 6.58 Å². The Kier molecular flexibility index (Phi) is 2.19. The molecule has 1 aliphatic rings. The molecular formula is C14H17NO. The first-order chi connectivity index (χ1) is 7.33. The normalized spacial score (nSPS) is 18.0. The maximum Gasteiger partial charge on any atom is 0.192 e. The standard InChI is InChI=1S/C14H17NO/c1-8-6-11-12(7-9(8)2)15-14(4,5)10(3)13(11)16/h6-7,15H,3H2,1-2,4-5H3. The van der Waals surface area contributed by atoms with Gasteiger partial charge in [0.15, 0.2) is 5.78 Å². The highest BCUT2D eigenvalue weighted by Crippen LogP contribution is 2.34. The van der Waals surface area contributed by atoms with E-state index in [0.717, 1.165) is 16.8 Å². The van der Waals surface area contributed by atoms with Crippen LogP contribution in [0.25, 0.3) is 0 Å². The summed E-state index contributed by atoms with van der Waals surface area (Å²) in [5.41, 5.74) is 4.27. The number of Topliss-reactive ketones (excluding diaryl/α,β-unsaturated/α-hetero) is 1. The van der Waals surface area contributed by atoms with Crippen LogP contribution in [0, 0.1) is 13.8 Å². The number of rotatable bonds is 0. The Morgan fingerprint density at radius 1 is 1.19 bits per heavy atom. The fourth-order valence-electron chi connectivity index (χ4n) is 1.97. The maximum atomic E-state index is 12.2. The molecule has 0 radical (unpaired) electrons. The van der Waals surface area contributed by atoms with Gasteiger partial charge in [-0.15, -0.1) is 0 Å². The molecule has 0 spiro atoms. The van der Waals surface area contributed by atoms with E-state index in [1.807, 2.05) is 32.9 Å². The second kappa shape index (κ2) is 3.21. The molecule has 1 aromatic carbocycles. The predicted molar refractivity (Wildman–Crippen MR) is 67.1 cm³/mol. The van der Waals surface area contributed by atoms with E-state index in [1.165, 1.54) is 5.56 Å². The van der Waals surface area contributed by atoms with Crippen molar-refractivity contribution < 1.29 is 4.79 Å². The van der Waals surface area contributed by atoms with Gasteiger partial charge in [0.05, 0.1) is 5.54 Å². The molecule has 0 aromatic heterocycles. The van der Waals surface area contributed by atoms with Crippen molar-refractivity contribution in [2.24, 2.45) is 0 Å². The molecule has 0 aliphatic carbocycles. The van der Waals surface area contributed by atoms with E-state index in [0.29, 0.717) is 5.57 Å². The van der Waals surface area contributed by atoms with Gasteiger partial charge in [0.1, 0.15) is 0 Å². The van der Waals surface area contributed by atoms with E-state index in [2.05, 4.69) is 18.8 Å². The van der Waals surface area contributed by atoms with E-state index in [4.69, 9.17) is 0 Å². The third-order valence-electron chi connectivity index (χ3n) is 3.35. The fraction of sp³-hybridized carbons (Fsp3) is 0.357. The van der Waals surface area contributed by atoms with Crippen LogP contribution in [0.2, 0.25) is 0 Å². The van der Waals surface area contributed by atoms with Gasteiger partial charge in [0.25, 0.3) is 0 Å². The molecule has 2 heteroatoms. The van der Waals surface area contributed by atoms with Crippen molar-refractivity contribution in [3.8, 4) is 0 Å². The van der Waals surface area contributed by atoms with Crippen LogP contribution in [0.15, 0.2) is 24.3 Å². The van der Waals surface area contributed by atoms with Gasteiger partial charge < -0.3 is 5.32 Å². The first-order valence-electron chi connectivity index (χ1n) is 5.46. The zero-order valence-corrected chi connectivity index (χ0v) is 10.3. The highest BCUT2D eigenvalue weighted by atomic mass is 16.1. The van der Waals surface area contributed by atoms with Gasteiger partial charge in [0, 0.05) is 16.8 Å². The van der Waals surface area contributed by atoms with E-state index < -0.39 is 0 Å². The number of benzene rings is 1. The molecule has 1 aliphatic heterocycles. The lowest BCUT2D eigenvalue weighted by molar-refractivity contribution is 0.102. The van der Waals surface area contributed by atoms with Gasteiger partial charge in [-0.25, -0.2) is 0 Å². The molecule has 16 heavy (non-hydrogen) atoms. The molecule has 0 unspecified atom stereocenters. The summed E-state index contributed by atoms with van der Waals surface area (Å²) in [6.45, 7) is 11.9. The van der Waals surface area contributed by atoms with Crippen molar-refractivity contribution in [3.63, 3.8) is 0 Å². The predicted octanol–water partition coefficient (Wildman–Crippen LogP) is 3.25. The summed E-state index contributed by atoms with van der Waals surface area (Å²) < 4.78 is 0. The summed E-state index contributed by atoms with van der Waals surface area (Å²) in [5, 5.41) is 3.36. The van der Waals surface area contributed by atoms with Crippen molar-refractivity contribution in [1.29, 1.82) is 0 Å². The molecule has 84 valence electrons. The largest absolute Gasteiger partial charge is 0.375 e. The van der Waals surface area contributed by atoms with Crippen LogP contribution in [0.3, 0.4) is 0 Å². The van der Waals surface area contributed by atoms with Crippen molar-refractivity contribution in [3.05, 3.63) is 41.0 Å². The second-order valence-electron chi connectivity index (χ2n) is 5.04. The van der Waals surface area contributed by atoms with Crippen LogP contribution in [0.4, 0.5) is 5.69 Å². The Hall–Kier alpha value is -1.57. The smallest absolute Gasteiger partial charge is 0.192 e. The fourth-order valence-corrected chi connectivity index (χ4v) is 1.97. The highest BCUT2D eigenvalue weighted by Gasteiger charge is 2.34. The molecule has 2 nitrogen and oxygen atoms in total. The van der Waals surface area contributed by atoms with Gasteiger partial charge in [-0.3, -0.25) is 4.79 Å². The average Bonchev–Trinajstić information content (AvgIpc) is 2.18. The number of aryl methyl sites for hydroxylation is 2. The minimum Gasteiger partial charge on any atom is -0.375 e. The molecule has 0 amide bonds. The topological polar surface area (TPSA) is 29.1 Å². The summed E-state index contributed by atoms with van der Waals surface area (Å²) in [6.07, 6.45) is 0. The Balaban J connectivity index is 2.64. The summed E-state index contributed by atoms with van der Waals surface area (Å²) >= 11 is 0.